The summed E-state index contributed by atoms with van der Waals surface area (Å²) >= 11 is 0. The Bertz CT molecular complexity index is 683. The van der Waals surface area contributed by atoms with Gasteiger partial charge in [-0.1, -0.05) is 0 Å². The van der Waals surface area contributed by atoms with E-state index in [4.69, 9.17) is 0 Å². The molecule has 1 aromatic rings. The Morgan fingerprint density at radius 1 is 1.14 bits per heavy atom. The maximum atomic E-state index is 12.8. The third-order valence-corrected chi connectivity index (χ3v) is 4.48. The monoisotopic (exact) mass is 427 g/mol. The van der Waals surface area contributed by atoms with Crippen molar-refractivity contribution in [3.05, 3.63) is 18.0 Å². The van der Waals surface area contributed by atoms with E-state index < -0.39 is 24.1 Å². The second kappa shape index (κ2) is 9.46. The zero-order valence-electron chi connectivity index (χ0n) is 16.0. The van der Waals surface area contributed by atoms with Gasteiger partial charge in [-0.15, -0.1) is 0 Å². The van der Waals surface area contributed by atoms with Crippen LogP contribution in [0.3, 0.4) is 0 Å². The molecule has 0 saturated carbocycles. The Morgan fingerprint density at radius 3 is 2.34 bits per heavy atom. The Kier molecular flexibility index (Phi) is 7.49. The molecule has 29 heavy (non-hydrogen) atoms. The lowest BCUT2D eigenvalue weighted by Gasteiger charge is -2.39. The van der Waals surface area contributed by atoms with Gasteiger partial charge in [0.2, 0.25) is 5.95 Å². The molecule has 0 radical (unpaired) electrons. The predicted octanol–water partition coefficient (Wildman–Crippen LogP) is 2.05. The number of piperazine rings is 1. The van der Waals surface area contributed by atoms with E-state index in [9.17, 15) is 26.3 Å². The Labute approximate surface area is 164 Å². The molecule has 2 N–H and O–H groups in total. The number of aromatic nitrogens is 2. The zero-order chi connectivity index (χ0) is 21.7. The van der Waals surface area contributed by atoms with Gasteiger partial charge in [-0.2, -0.15) is 26.3 Å². The Morgan fingerprint density at radius 2 is 1.79 bits per heavy atom. The average molecular weight is 427 g/mol. The van der Waals surface area contributed by atoms with Gasteiger partial charge < -0.3 is 15.5 Å². The van der Waals surface area contributed by atoms with E-state index in [-0.39, 0.29) is 25.6 Å². The summed E-state index contributed by atoms with van der Waals surface area (Å²) in [6.07, 6.45) is -7.80. The maximum Gasteiger partial charge on any atom is 0.433 e. The SMILES string of the molecule is CN=C(NCCNc1nccc(C(F)(F)F)n1)N1CCN(C(C)C(F)(F)F)CC1. The van der Waals surface area contributed by atoms with Crippen molar-refractivity contribution in [2.24, 2.45) is 4.99 Å². The molecule has 1 aliphatic heterocycles. The minimum atomic E-state index is -4.55. The summed E-state index contributed by atoms with van der Waals surface area (Å²) in [5.74, 6) is 0.363. The number of hydrogen-bond acceptors (Lipinski definition) is 5. The first kappa shape index (κ1) is 23.0. The van der Waals surface area contributed by atoms with E-state index in [0.717, 1.165) is 19.2 Å². The normalized spacial score (nSPS) is 17.9. The Balaban J connectivity index is 1.78. The highest BCUT2D eigenvalue weighted by molar-refractivity contribution is 5.80. The van der Waals surface area contributed by atoms with Crippen molar-refractivity contribution in [2.45, 2.75) is 25.3 Å². The molecular weight excluding hydrogens is 404 g/mol. The average Bonchev–Trinajstić information content (AvgIpc) is 2.66. The number of aliphatic imine (C=N–C) groups is 1. The molecule has 0 bridgehead atoms. The molecule has 164 valence electrons. The molecule has 1 atom stereocenters. The summed E-state index contributed by atoms with van der Waals surface area (Å²) in [5, 5.41) is 5.71. The molecule has 0 amide bonds. The number of anilines is 1. The molecule has 1 unspecified atom stereocenters. The molecule has 7 nitrogen and oxygen atoms in total. The number of alkyl halides is 6. The van der Waals surface area contributed by atoms with Crippen molar-refractivity contribution in [3.8, 4) is 0 Å². The highest BCUT2D eigenvalue weighted by atomic mass is 19.4. The topological polar surface area (TPSA) is 68.7 Å². The number of nitrogens with one attached hydrogen (secondary N) is 2. The second-order valence-corrected chi connectivity index (χ2v) is 6.40. The van der Waals surface area contributed by atoms with Gasteiger partial charge in [-0.25, -0.2) is 9.97 Å². The van der Waals surface area contributed by atoms with Crippen LogP contribution in [-0.2, 0) is 6.18 Å². The molecule has 1 saturated heterocycles. The van der Waals surface area contributed by atoms with Crippen LogP contribution in [0.4, 0.5) is 32.3 Å². The smallest absolute Gasteiger partial charge is 0.354 e. The van der Waals surface area contributed by atoms with Gasteiger partial charge in [0.1, 0.15) is 11.7 Å². The van der Waals surface area contributed by atoms with Crippen LogP contribution < -0.4 is 10.6 Å². The van der Waals surface area contributed by atoms with Crippen molar-refractivity contribution in [1.82, 2.24) is 25.1 Å². The number of hydrogen-bond donors (Lipinski definition) is 2. The summed E-state index contributed by atoms with van der Waals surface area (Å²) in [6.45, 7) is 2.94. The van der Waals surface area contributed by atoms with E-state index in [1.807, 2.05) is 4.90 Å². The summed E-state index contributed by atoms with van der Waals surface area (Å²) in [5.41, 5.74) is -1.04. The first-order valence-electron chi connectivity index (χ1n) is 8.93. The molecular formula is C16H23F6N7. The van der Waals surface area contributed by atoms with E-state index >= 15 is 0 Å². The van der Waals surface area contributed by atoms with Gasteiger partial charge in [0.05, 0.1) is 0 Å². The second-order valence-electron chi connectivity index (χ2n) is 6.40. The largest absolute Gasteiger partial charge is 0.433 e. The summed E-state index contributed by atoms with van der Waals surface area (Å²) < 4.78 is 76.4. The van der Waals surface area contributed by atoms with Crippen LogP contribution in [-0.4, -0.2) is 84.3 Å². The van der Waals surface area contributed by atoms with Crippen LogP contribution in [0.2, 0.25) is 0 Å². The summed E-state index contributed by atoms with van der Waals surface area (Å²) in [6, 6.07) is -0.721. The fourth-order valence-electron chi connectivity index (χ4n) is 2.81. The first-order valence-corrected chi connectivity index (χ1v) is 8.93. The van der Waals surface area contributed by atoms with Crippen molar-refractivity contribution in [2.75, 3.05) is 51.6 Å². The maximum absolute atomic E-state index is 12.8. The van der Waals surface area contributed by atoms with E-state index in [1.165, 1.54) is 4.90 Å². The molecule has 0 aromatic carbocycles. The lowest BCUT2D eigenvalue weighted by molar-refractivity contribution is -0.181. The fraction of sp³-hybridized carbons (Fsp3) is 0.688. The van der Waals surface area contributed by atoms with Crippen LogP contribution >= 0.6 is 0 Å². The first-order chi connectivity index (χ1) is 13.5. The molecule has 2 heterocycles. The van der Waals surface area contributed by atoms with Crippen molar-refractivity contribution in [1.29, 1.82) is 0 Å². The zero-order valence-corrected chi connectivity index (χ0v) is 16.0. The highest BCUT2D eigenvalue weighted by Crippen LogP contribution is 2.27. The number of halogens is 6. The van der Waals surface area contributed by atoms with Gasteiger partial charge in [0, 0.05) is 52.5 Å². The molecule has 0 spiro atoms. The van der Waals surface area contributed by atoms with E-state index in [1.54, 1.807) is 7.05 Å². The molecule has 13 heteroatoms. The van der Waals surface area contributed by atoms with Crippen molar-refractivity contribution in [3.63, 3.8) is 0 Å². The number of guanidine groups is 1. The lowest BCUT2D eigenvalue weighted by atomic mass is 10.2. The molecule has 0 aliphatic carbocycles. The summed E-state index contributed by atoms with van der Waals surface area (Å²) in [4.78, 5) is 14.4. The van der Waals surface area contributed by atoms with Crippen molar-refractivity contribution < 1.29 is 26.3 Å². The summed E-state index contributed by atoms with van der Waals surface area (Å²) in [7, 11) is 1.55. The van der Waals surface area contributed by atoms with E-state index in [0.29, 0.717) is 25.6 Å². The third-order valence-electron chi connectivity index (χ3n) is 4.48. The fourth-order valence-corrected chi connectivity index (χ4v) is 2.81. The van der Waals surface area contributed by atoms with Crippen LogP contribution in [0.5, 0.6) is 0 Å². The van der Waals surface area contributed by atoms with Gasteiger partial charge in [-0.05, 0) is 13.0 Å². The Hall–Kier alpha value is -2.31. The van der Waals surface area contributed by atoms with Crippen LogP contribution in [0, 0.1) is 0 Å². The van der Waals surface area contributed by atoms with Gasteiger partial charge in [-0.3, -0.25) is 9.89 Å². The van der Waals surface area contributed by atoms with Crippen LogP contribution in [0.1, 0.15) is 12.6 Å². The van der Waals surface area contributed by atoms with Crippen LogP contribution in [0.25, 0.3) is 0 Å². The van der Waals surface area contributed by atoms with Gasteiger partial charge >= 0.3 is 12.4 Å². The molecule has 2 rings (SSSR count). The van der Waals surface area contributed by atoms with Crippen LogP contribution in [0.15, 0.2) is 17.3 Å². The van der Waals surface area contributed by atoms with Gasteiger partial charge in [0.25, 0.3) is 0 Å². The standard InChI is InChI=1S/C16H23F6N7/c1-11(15(17,18)19)28-7-9-29(10-8-28)14(23-2)26-6-5-25-13-24-4-3-12(27-13)16(20,21)22/h3-4,11H,5-10H2,1-2H3,(H,23,26)(H,24,25,27). The highest BCUT2D eigenvalue weighted by Gasteiger charge is 2.41. The number of rotatable bonds is 5. The minimum Gasteiger partial charge on any atom is -0.354 e. The lowest BCUT2D eigenvalue weighted by Crippen LogP contribution is -2.57. The molecule has 1 fully saturated rings. The van der Waals surface area contributed by atoms with Crippen molar-refractivity contribution >= 4 is 11.9 Å². The molecule has 1 aromatic heterocycles. The minimum absolute atomic E-state index is 0.147. The third kappa shape index (κ3) is 6.61. The quantitative estimate of drug-likeness (QED) is 0.325. The molecule has 1 aliphatic rings. The van der Waals surface area contributed by atoms with Gasteiger partial charge in [0.15, 0.2) is 5.96 Å². The van der Waals surface area contributed by atoms with E-state index in [2.05, 4.69) is 25.6 Å². The predicted molar refractivity (Wildman–Crippen MR) is 95.5 cm³/mol. The number of nitrogens with zero attached hydrogens (tertiary/aromatic N) is 5.